The molecule has 0 rings (SSSR count). The molecule has 0 saturated heterocycles. The van der Waals surface area contributed by atoms with E-state index in [4.69, 9.17) is 0 Å². The van der Waals surface area contributed by atoms with Gasteiger partial charge in [0.2, 0.25) is 6.29 Å². The van der Waals surface area contributed by atoms with Gasteiger partial charge in [0, 0.05) is 6.42 Å². The SMILES string of the molecule is [CH2]CCCCCCCCC[CH][C]=O. The molecule has 1 nitrogen and oxygen atoms in total. The molecule has 3 radical (unpaired) electrons. The van der Waals surface area contributed by atoms with Gasteiger partial charge in [-0.2, -0.15) is 0 Å². The monoisotopic (exact) mass is 181 g/mol. The molecule has 13 heavy (non-hydrogen) atoms. The molecular weight excluding hydrogens is 160 g/mol. The van der Waals surface area contributed by atoms with Gasteiger partial charge in [0.1, 0.15) is 0 Å². The summed E-state index contributed by atoms with van der Waals surface area (Å²) in [5.74, 6) is 0. The van der Waals surface area contributed by atoms with Crippen molar-refractivity contribution in [2.24, 2.45) is 0 Å². The summed E-state index contributed by atoms with van der Waals surface area (Å²) in [5.41, 5.74) is 0. The van der Waals surface area contributed by atoms with Gasteiger partial charge in [-0.25, -0.2) is 0 Å². The Morgan fingerprint density at radius 3 is 2.00 bits per heavy atom. The normalized spacial score (nSPS) is 10.2. The highest BCUT2D eigenvalue weighted by Crippen LogP contribution is 2.09. The van der Waals surface area contributed by atoms with E-state index in [0.29, 0.717) is 0 Å². The van der Waals surface area contributed by atoms with Crippen molar-refractivity contribution in [2.75, 3.05) is 0 Å². The maximum atomic E-state index is 9.83. The van der Waals surface area contributed by atoms with Crippen LogP contribution >= 0.6 is 0 Å². The molecule has 0 saturated carbocycles. The van der Waals surface area contributed by atoms with E-state index < -0.39 is 0 Å². The lowest BCUT2D eigenvalue weighted by Gasteiger charge is -1.99. The number of unbranched alkanes of at least 4 members (excludes halogenated alkanes) is 9. The minimum Gasteiger partial charge on any atom is -0.291 e. The zero-order valence-corrected chi connectivity index (χ0v) is 8.56. The zero-order chi connectivity index (χ0) is 9.78. The fraction of sp³-hybridized carbons (Fsp3) is 0.750. The minimum absolute atomic E-state index is 0.905. The highest BCUT2D eigenvalue weighted by atomic mass is 16.1. The second-order valence-corrected chi connectivity index (χ2v) is 3.44. The van der Waals surface area contributed by atoms with Gasteiger partial charge in [0.05, 0.1) is 0 Å². The number of carbonyl (C=O) groups excluding carboxylic acids is 1. The molecule has 0 aliphatic carbocycles. The van der Waals surface area contributed by atoms with Gasteiger partial charge in [-0.3, -0.25) is 4.79 Å². The fourth-order valence-corrected chi connectivity index (χ4v) is 1.37. The van der Waals surface area contributed by atoms with Crippen LogP contribution in [0.1, 0.15) is 57.8 Å². The van der Waals surface area contributed by atoms with Gasteiger partial charge in [-0.1, -0.05) is 58.3 Å². The standard InChI is InChI=1S/C12H21O/c1-2-3-4-5-6-7-8-9-10-11-12-13/h11H,1-10H2. The second-order valence-electron chi connectivity index (χ2n) is 3.44. The van der Waals surface area contributed by atoms with Gasteiger partial charge in [0.15, 0.2) is 0 Å². The third kappa shape index (κ3) is 11.7. The Morgan fingerprint density at radius 2 is 1.46 bits per heavy atom. The molecule has 0 aromatic heterocycles. The Morgan fingerprint density at radius 1 is 0.923 bits per heavy atom. The maximum absolute atomic E-state index is 9.83. The first-order valence-electron chi connectivity index (χ1n) is 5.40. The van der Waals surface area contributed by atoms with Gasteiger partial charge in [-0.15, -0.1) is 0 Å². The molecule has 75 valence electrons. The summed E-state index contributed by atoms with van der Waals surface area (Å²) in [7, 11) is 0. The lowest BCUT2D eigenvalue weighted by Crippen LogP contribution is -1.82. The van der Waals surface area contributed by atoms with Gasteiger partial charge < -0.3 is 0 Å². The molecule has 0 bridgehead atoms. The van der Waals surface area contributed by atoms with Crippen LogP contribution < -0.4 is 0 Å². The van der Waals surface area contributed by atoms with Crippen LogP contribution in [0, 0.1) is 13.3 Å². The van der Waals surface area contributed by atoms with Crippen LogP contribution in [0.4, 0.5) is 0 Å². The van der Waals surface area contributed by atoms with Gasteiger partial charge in [-0.05, 0) is 6.42 Å². The quantitative estimate of drug-likeness (QED) is 0.470. The first kappa shape index (κ1) is 12.7. The Balaban J connectivity index is 2.79. The van der Waals surface area contributed by atoms with Crippen molar-refractivity contribution in [3.8, 4) is 0 Å². The van der Waals surface area contributed by atoms with Crippen molar-refractivity contribution in [1.29, 1.82) is 0 Å². The van der Waals surface area contributed by atoms with E-state index in [1.54, 1.807) is 12.7 Å². The van der Waals surface area contributed by atoms with Crippen molar-refractivity contribution in [3.05, 3.63) is 13.3 Å². The average Bonchev–Trinajstić information content (AvgIpc) is 2.16. The molecular formula is C12H21O. The molecule has 1 heteroatoms. The van der Waals surface area contributed by atoms with E-state index in [1.807, 2.05) is 0 Å². The van der Waals surface area contributed by atoms with Crippen LogP contribution in [-0.4, -0.2) is 6.29 Å². The molecule has 0 aromatic rings. The molecule has 0 spiro atoms. The summed E-state index contributed by atoms with van der Waals surface area (Å²) < 4.78 is 0. The van der Waals surface area contributed by atoms with Crippen LogP contribution in [0.15, 0.2) is 0 Å². The zero-order valence-electron chi connectivity index (χ0n) is 8.56. The fourth-order valence-electron chi connectivity index (χ4n) is 1.37. The van der Waals surface area contributed by atoms with Gasteiger partial charge in [0.25, 0.3) is 0 Å². The molecule has 0 amide bonds. The Labute approximate surface area is 82.9 Å². The first-order valence-corrected chi connectivity index (χ1v) is 5.40. The van der Waals surface area contributed by atoms with Crippen molar-refractivity contribution in [3.63, 3.8) is 0 Å². The summed E-state index contributed by atoms with van der Waals surface area (Å²) >= 11 is 0. The summed E-state index contributed by atoms with van der Waals surface area (Å²) in [5, 5.41) is 0. The van der Waals surface area contributed by atoms with Crippen molar-refractivity contribution < 1.29 is 4.79 Å². The summed E-state index contributed by atoms with van der Waals surface area (Å²) in [6.07, 6.45) is 14.4. The Hall–Kier alpha value is -0.330. The Kier molecular flexibility index (Phi) is 11.4. The third-order valence-corrected chi connectivity index (χ3v) is 2.18. The summed E-state index contributed by atoms with van der Waals surface area (Å²) in [6, 6.07) is 0. The van der Waals surface area contributed by atoms with Crippen LogP contribution in [0.25, 0.3) is 0 Å². The van der Waals surface area contributed by atoms with E-state index >= 15 is 0 Å². The molecule has 0 unspecified atom stereocenters. The predicted octanol–water partition coefficient (Wildman–Crippen LogP) is 3.65. The summed E-state index contributed by atoms with van der Waals surface area (Å²) in [4.78, 5) is 9.83. The molecule has 0 aromatic carbocycles. The largest absolute Gasteiger partial charge is 0.291 e. The molecule has 0 aliphatic rings. The summed E-state index contributed by atoms with van der Waals surface area (Å²) in [6.45, 7) is 3.81. The van der Waals surface area contributed by atoms with E-state index in [1.165, 1.54) is 38.5 Å². The van der Waals surface area contributed by atoms with E-state index in [9.17, 15) is 4.79 Å². The highest BCUT2D eigenvalue weighted by Gasteiger charge is 1.91. The van der Waals surface area contributed by atoms with Crippen molar-refractivity contribution in [1.82, 2.24) is 0 Å². The molecule has 0 atom stereocenters. The molecule has 0 fully saturated rings. The number of rotatable bonds is 10. The van der Waals surface area contributed by atoms with E-state index in [0.717, 1.165) is 19.3 Å². The Bertz CT molecular complexity index is 99.3. The van der Waals surface area contributed by atoms with Crippen LogP contribution in [0.2, 0.25) is 0 Å². The number of hydrogen-bond donors (Lipinski definition) is 0. The molecule has 0 heterocycles. The first-order chi connectivity index (χ1) is 6.41. The lowest BCUT2D eigenvalue weighted by atomic mass is 10.1. The van der Waals surface area contributed by atoms with Crippen LogP contribution in [-0.2, 0) is 4.79 Å². The predicted molar refractivity (Wildman–Crippen MR) is 56.9 cm³/mol. The van der Waals surface area contributed by atoms with E-state index in [-0.39, 0.29) is 0 Å². The molecule has 0 N–H and O–H groups in total. The van der Waals surface area contributed by atoms with E-state index in [2.05, 4.69) is 6.92 Å². The van der Waals surface area contributed by atoms with Crippen LogP contribution in [0.3, 0.4) is 0 Å². The molecule has 0 aliphatic heterocycles. The maximum Gasteiger partial charge on any atom is 0.202 e. The van der Waals surface area contributed by atoms with Crippen molar-refractivity contribution >= 4 is 6.29 Å². The smallest absolute Gasteiger partial charge is 0.202 e. The van der Waals surface area contributed by atoms with Crippen molar-refractivity contribution in [2.45, 2.75) is 57.8 Å². The lowest BCUT2D eigenvalue weighted by molar-refractivity contribution is 0.554. The topological polar surface area (TPSA) is 17.1 Å². The van der Waals surface area contributed by atoms with Crippen LogP contribution in [0.5, 0.6) is 0 Å². The van der Waals surface area contributed by atoms with Gasteiger partial charge >= 0.3 is 0 Å². The average molecular weight is 181 g/mol. The number of hydrogen-bond acceptors (Lipinski definition) is 1. The minimum atomic E-state index is 0.905. The third-order valence-electron chi connectivity index (χ3n) is 2.18. The second kappa shape index (κ2) is 11.7. The highest BCUT2D eigenvalue weighted by molar-refractivity contribution is 5.61.